The van der Waals surface area contributed by atoms with Crippen molar-refractivity contribution < 1.29 is 0 Å². The standard InChI is InChI=1S/C17H16N2O/c1-2-15-16(13-9-5-3-6-10-13)17(20)18-19(15)14-11-7-4-8-12-14/h3-12H,2H2,1H3,(H,18,20). The lowest BCUT2D eigenvalue weighted by atomic mass is 10.0. The minimum atomic E-state index is -0.0445. The summed E-state index contributed by atoms with van der Waals surface area (Å²) in [5, 5.41) is 2.94. The summed E-state index contributed by atoms with van der Waals surface area (Å²) in [4.78, 5) is 12.3. The summed E-state index contributed by atoms with van der Waals surface area (Å²) in [7, 11) is 0. The van der Waals surface area contributed by atoms with E-state index in [0.29, 0.717) is 0 Å². The fourth-order valence-electron chi connectivity index (χ4n) is 2.50. The Morgan fingerprint density at radius 2 is 1.55 bits per heavy atom. The number of nitrogens with zero attached hydrogens (tertiary/aromatic N) is 1. The molecule has 0 amide bonds. The van der Waals surface area contributed by atoms with E-state index in [0.717, 1.165) is 28.9 Å². The third-order valence-electron chi connectivity index (χ3n) is 3.41. The number of hydrogen-bond acceptors (Lipinski definition) is 1. The molecule has 0 aliphatic heterocycles. The van der Waals surface area contributed by atoms with Crippen molar-refractivity contribution in [3.05, 3.63) is 76.7 Å². The van der Waals surface area contributed by atoms with Crippen LogP contribution in [0.15, 0.2) is 65.5 Å². The van der Waals surface area contributed by atoms with Crippen LogP contribution in [0, 0.1) is 0 Å². The second-order valence-corrected chi connectivity index (χ2v) is 4.65. The molecule has 0 atom stereocenters. The maximum atomic E-state index is 12.3. The highest BCUT2D eigenvalue weighted by atomic mass is 16.1. The highest BCUT2D eigenvalue weighted by Gasteiger charge is 2.15. The Hall–Kier alpha value is -2.55. The van der Waals surface area contributed by atoms with Gasteiger partial charge in [-0.05, 0) is 24.1 Å². The average molecular weight is 264 g/mol. The Balaban J connectivity index is 2.23. The van der Waals surface area contributed by atoms with Crippen LogP contribution in [-0.2, 0) is 6.42 Å². The van der Waals surface area contributed by atoms with E-state index in [9.17, 15) is 4.79 Å². The quantitative estimate of drug-likeness (QED) is 0.773. The first-order chi connectivity index (χ1) is 9.81. The van der Waals surface area contributed by atoms with Gasteiger partial charge in [-0.25, -0.2) is 0 Å². The third-order valence-corrected chi connectivity index (χ3v) is 3.41. The molecule has 3 rings (SSSR count). The average Bonchev–Trinajstić information content (AvgIpc) is 2.85. The Morgan fingerprint density at radius 1 is 0.950 bits per heavy atom. The predicted molar refractivity (Wildman–Crippen MR) is 81.2 cm³/mol. The van der Waals surface area contributed by atoms with Crippen molar-refractivity contribution in [2.75, 3.05) is 0 Å². The number of aromatic nitrogens is 2. The zero-order chi connectivity index (χ0) is 13.9. The summed E-state index contributed by atoms with van der Waals surface area (Å²) in [6.07, 6.45) is 0.790. The van der Waals surface area contributed by atoms with Crippen LogP contribution in [0.25, 0.3) is 16.8 Å². The van der Waals surface area contributed by atoms with Crippen LogP contribution in [0.2, 0.25) is 0 Å². The van der Waals surface area contributed by atoms with E-state index in [2.05, 4.69) is 12.0 Å². The number of rotatable bonds is 3. The van der Waals surface area contributed by atoms with Crippen LogP contribution < -0.4 is 5.56 Å². The molecule has 20 heavy (non-hydrogen) atoms. The smallest absolute Gasteiger partial charge is 0.267 e. The van der Waals surface area contributed by atoms with Crippen LogP contribution in [0.4, 0.5) is 0 Å². The lowest BCUT2D eigenvalue weighted by Gasteiger charge is -2.08. The molecule has 3 heteroatoms. The molecule has 0 saturated heterocycles. The first-order valence-corrected chi connectivity index (χ1v) is 6.76. The number of hydrogen-bond donors (Lipinski definition) is 1. The van der Waals surface area contributed by atoms with Gasteiger partial charge in [0.2, 0.25) is 0 Å². The molecule has 1 heterocycles. The minimum Gasteiger partial charge on any atom is -0.267 e. The molecular formula is C17H16N2O. The first-order valence-electron chi connectivity index (χ1n) is 6.76. The van der Waals surface area contributed by atoms with E-state index in [1.807, 2.05) is 65.3 Å². The highest BCUT2D eigenvalue weighted by Crippen LogP contribution is 2.22. The molecule has 0 radical (unpaired) electrons. The van der Waals surface area contributed by atoms with Crippen LogP contribution in [0.3, 0.4) is 0 Å². The SMILES string of the molecule is CCc1c(-c2ccccc2)c(=O)[nH]n1-c1ccccc1. The summed E-state index contributed by atoms with van der Waals surface area (Å²) in [6, 6.07) is 19.7. The Bertz CT molecular complexity index is 755. The molecule has 0 bridgehead atoms. The lowest BCUT2D eigenvalue weighted by Crippen LogP contribution is -2.05. The summed E-state index contributed by atoms with van der Waals surface area (Å²) < 4.78 is 1.88. The van der Waals surface area contributed by atoms with Gasteiger partial charge < -0.3 is 0 Å². The minimum absolute atomic E-state index is 0.0445. The molecule has 0 unspecified atom stereocenters. The number of aromatic amines is 1. The Morgan fingerprint density at radius 3 is 2.15 bits per heavy atom. The van der Waals surface area contributed by atoms with Gasteiger partial charge in [0.25, 0.3) is 5.56 Å². The van der Waals surface area contributed by atoms with E-state index in [4.69, 9.17) is 0 Å². The zero-order valence-corrected chi connectivity index (χ0v) is 11.3. The van der Waals surface area contributed by atoms with E-state index in [-0.39, 0.29) is 5.56 Å². The summed E-state index contributed by atoms with van der Waals surface area (Å²) >= 11 is 0. The second kappa shape index (κ2) is 5.21. The summed E-state index contributed by atoms with van der Waals surface area (Å²) in [5.74, 6) is 0. The predicted octanol–water partition coefficient (Wildman–Crippen LogP) is 3.40. The largest absolute Gasteiger partial charge is 0.272 e. The zero-order valence-electron chi connectivity index (χ0n) is 11.3. The maximum Gasteiger partial charge on any atom is 0.272 e. The Kier molecular flexibility index (Phi) is 3.25. The molecule has 0 aliphatic rings. The molecule has 0 saturated carbocycles. The van der Waals surface area contributed by atoms with Crippen molar-refractivity contribution in [2.45, 2.75) is 13.3 Å². The van der Waals surface area contributed by atoms with E-state index in [1.165, 1.54) is 0 Å². The molecular weight excluding hydrogens is 248 g/mol. The van der Waals surface area contributed by atoms with E-state index >= 15 is 0 Å². The van der Waals surface area contributed by atoms with Gasteiger partial charge in [-0.15, -0.1) is 0 Å². The summed E-state index contributed by atoms with van der Waals surface area (Å²) in [6.45, 7) is 2.06. The van der Waals surface area contributed by atoms with Crippen molar-refractivity contribution in [3.8, 4) is 16.8 Å². The molecule has 1 aromatic heterocycles. The van der Waals surface area contributed by atoms with Crippen molar-refractivity contribution in [2.24, 2.45) is 0 Å². The molecule has 2 aromatic carbocycles. The number of nitrogens with one attached hydrogen (secondary N) is 1. The van der Waals surface area contributed by atoms with Gasteiger partial charge in [0.05, 0.1) is 16.9 Å². The van der Waals surface area contributed by atoms with Gasteiger partial charge in [0.1, 0.15) is 0 Å². The fourth-order valence-corrected chi connectivity index (χ4v) is 2.50. The van der Waals surface area contributed by atoms with Crippen LogP contribution in [-0.4, -0.2) is 9.78 Å². The normalized spacial score (nSPS) is 10.7. The van der Waals surface area contributed by atoms with Gasteiger partial charge >= 0.3 is 0 Å². The van der Waals surface area contributed by atoms with Gasteiger partial charge in [-0.2, -0.15) is 0 Å². The molecule has 3 nitrogen and oxygen atoms in total. The maximum absolute atomic E-state index is 12.3. The molecule has 1 N–H and O–H groups in total. The fraction of sp³-hybridized carbons (Fsp3) is 0.118. The molecule has 0 fully saturated rings. The van der Waals surface area contributed by atoms with Crippen molar-refractivity contribution in [1.82, 2.24) is 9.78 Å². The molecule has 100 valence electrons. The van der Waals surface area contributed by atoms with E-state index in [1.54, 1.807) is 0 Å². The Labute approximate surface area is 117 Å². The number of benzene rings is 2. The van der Waals surface area contributed by atoms with Crippen LogP contribution in [0.1, 0.15) is 12.6 Å². The van der Waals surface area contributed by atoms with Crippen molar-refractivity contribution in [1.29, 1.82) is 0 Å². The molecule has 3 aromatic rings. The third kappa shape index (κ3) is 2.07. The molecule has 0 aliphatic carbocycles. The topological polar surface area (TPSA) is 37.8 Å². The first kappa shape index (κ1) is 12.5. The van der Waals surface area contributed by atoms with E-state index < -0.39 is 0 Å². The number of para-hydroxylation sites is 1. The van der Waals surface area contributed by atoms with Gasteiger partial charge in [0.15, 0.2) is 0 Å². The molecule has 0 spiro atoms. The monoisotopic (exact) mass is 264 g/mol. The van der Waals surface area contributed by atoms with Crippen molar-refractivity contribution >= 4 is 0 Å². The van der Waals surface area contributed by atoms with Gasteiger partial charge in [-0.3, -0.25) is 14.6 Å². The van der Waals surface area contributed by atoms with Gasteiger partial charge in [0, 0.05) is 0 Å². The van der Waals surface area contributed by atoms with Crippen LogP contribution >= 0.6 is 0 Å². The van der Waals surface area contributed by atoms with Gasteiger partial charge in [-0.1, -0.05) is 55.5 Å². The lowest BCUT2D eigenvalue weighted by molar-refractivity contribution is 0.805. The number of H-pyrrole nitrogens is 1. The summed E-state index contributed by atoms with van der Waals surface area (Å²) in [5.41, 5.74) is 3.66. The highest BCUT2D eigenvalue weighted by molar-refractivity contribution is 5.66. The van der Waals surface area contributed by atoms with Crippen LogP contribution in [0.5, 0.6) is 0 Å². The second-order valence-electron chi connectivity index (χ2n) is 4.65. The van der Waals surface area contributed by atoms with Crippen molar-refractivity contribution in [3.63, 3.8) is 0 Å².